The summed E-state index contributed by atoms with van der Waals surface area (Å²) in [6.07, 6.45) is 4.92. The summed E-state index contributed by atoms with van der Waals surface area (Å²) < 4.78 is 0.654. The zero-order valence-electron chi connectivity index (χ0n) is 8.18. The normalized spacial score (nSPS) is 10.8. The Kier molecular flexibility index (Phi) is 2.04. The smallest absolute Gasteiger partial charge is 0.268 e. The molecule has 3 aromatic rings. The topological polar surface area (TPSA) is 58.6 Å². The van der Waals surface area contributed by atoms with Crippen LogP contribution in [0, 0.1) is 0 Å². The van der Waals surface area contributed by atoms with Crippen molar-refractivity contribution in [3.05, 3.63) is 47.3 Å². The van der Waals surface area contributed by atoms with Gasteiger partial charge in [0.15, 0.2) is 0 Å². The third-order valence-corrected chi connectivity index (χ3v) is 3.44. The van der Waals surface area contributed by atoms with Gasteiger partial charge < -0.3 is 4.98 Å². The second-order valence-corrected chi connectivity index (χ2v) is 4.35. The van der Waals surface area contributed by atoms with Gasteiger partial charge in [0.2, 0.25) is 0 Å². The molecule has 0 aliphatic heterocycles. The van der Waals surface area contributed by atoms with E-state index in [1.165, 1.54) is 17.7 Å². The maximum atomic E-state index is 11.5. The first-order valence-electron chi connectivity index (χ1n) is 4.72. The van der Waals surface area contributed by atoms with Crippen molar-refractivity contribution in [2.24, 2.45) is 0 Å². The highest BCUT2D eigenvalue weighted by molar-refractivity contribution is 7.22. The lowest BCUT2D eigenvalue weighted by atomic mass is 10.2. The molecule has 4 nitrogen and oxygen atoms in total. The van der Waals surface area contributed by atoms with Crippen LogP contribution in [-0.2, 0) is 0 Å². The van der Waals surface area contributed by atoms with Gasteiger partial charge >= 0.3 is 0 Å². The summed E-state index contributed by atoms with van der Waals surface area (Å²) in [5.74, 6) is 0. The van der Waals surface area contributed by atoms with E-state index in [2.05, 4.69) is 15.0 Å². The van der Waals surface area contributed by atoms with Crippen LogP contribution in [0.4, 0.5) is 0 Å². The van der Waals surface area contributed by atoms with E-state index in [0.717, 1.165) is 16.0 Å². The molecule has 0 unspecified atom stereocenters. The van der Waals surface area contributed by atoms with E-state index < -0.39 is 0 Å². The number of nitrogens with one attached hydrogen (secondary N) is 1. The number of fused-ring (bicyclic) bond motifs is 1. The van der Waals surface area contributed by atoms with Gasteiger partial charge in [-0.25, -0.2) is 4.98 Å². The highest BCUT2D eigenvalue weighted by Gasteiger charge is 2.07. The highest BCUT2D eigenvalue weighted by Crippen LogP contribution is 2.29. The first-order valence-corrected chi connectivity index (χ1v) is 5.54. The molecule has 0 aliphatic carbocycles. The number of aromatic nitrogens is 3. The molecule has 0 fully saturated rings. The summed E-state index contributed by atoms with van der Waals surface area (Å²) >= 11 is 1.43. The molecular weight excluding hydrogens is 222 g/mol. The van der Waals surface area contributed by atoms with Crippen molar-refractivity contribution < 1.29 is 0 Å². The molecule has 16 heavy (non-hydrogen) atoms. The molecule has 78 valence electrons. The van der Waals surface area contributed by atoms with E-state index in [1.807, 2.05) is 18.2 Å². The molecule has 0 aromatic carbocycles. The number of pyridine rings is 1. The molecule has 3 aromatic heterocycles. The molecule has 1 N–H and O–H groups in total. The Balaban J connectivity index is 2.28. The van der Waals surface area contributed by atoms with Crippen LogP contribution in [0.3, 0.4) is 0 Å². The lowest BCUT2D eigenvalue weighted by Crippen LogP contribution is -2.02. The van der Waals surface area contributed by atoms with Crippen LogP contribution in [0.5, 0.6) is 0 Å². The quantitative estimate of drug-likeness (QED) is 0.694. The zero-order valence-corrected chi connectivity index (χ0v) is 8.99. The fourth-order valence-corrected chi connectivity index (χ4v) is 2.51. The first kappa shape index (κ1) is 9.23. The van der Waals surface area contributed by atoms with Gasteiger partial charge in [0, 0.05) is 22.8 Å². The van der Waals surface area contributed by atoms with Gasteiger partial charge in [-0.3, -0.25) is 9.78 Å². The SMILES string of the molecule is O=c1[nH]cnc2cc(-c3cccnc3)sc12. The number of nitrogens with zero attached hydrogens (tertiary/aromatic N) is 2. The maximum Gasteiger partial charge on any atom is 0.268 e. The molecule has 3 heterocycles. The van der Waals surface area contributed by atoms with Gasteiger partial charge in [-0.05, 0) is 12.1 Å². The maximum absolute atomic E-state index is 11.5. The Morgan fingerprint density at radius 1 is 1.38 bits per heavy atom. The summed E-state index contributed by atoms with van der Waals surface area (Å²) in [4.78, 5) is 23.3. The Bertz CT molecular complexity index is 687. The number of thiophene rings is 1. The highest BCUT2D eigenvalue weighted by atomic mass is 32.1. The average molecular weight is 229 g/mol. The number of hydrogen-bond acceptors (Lipinski definition) is 4. The summed E-state index contributed by atoms with van der Waals surface area (Å²) in [5, 5.41) is 0. The van der Waals surface area contributed by atoms with E-state index in [-0.39, 0.29) is 5.56 Å². The van der Waals surface area contributed by atoms with Crippen LogP contribution in [0.25, 0.3) is 20.7 Å². The van der Waals surface area contributed by atoms with Crippen LogP contribution in [0.1, 0.15) is 0 Å². The molecule has 0 bridgehead atoms. The van der Waals surface area contributed by atoms with Crippen molar-refractivity contribution in [3.8, 4) is 10.4 Å². The summed E-state index contributed by atoms with van der Waals surface area (Å²) in [7, 11) is 0. The molecular formula is C11H7N3OS. The zero-order chi connectivity index (χ0) is 11.0. The minimum absolute atomic E-state index is 0.0925. The van der Waals surface area contributed by atoms with Crippen LogP contribution in [-0.4, -0.2) is 15.0 Å². The molecule has 0 atom stereocenters. The Morgan fingerprint density at radius 3 is 3.06 bits per heavy atom. The Labute approximate surface area is 94.6 Å². The molecule has 0 spiro atoms. The lowest BCUT2D eigenvalue weighted by Gasteiger charge is -1.92. The number of hydrogen-bond donors (Lipinski definition) is 1. The molecule has 0 aliphatic rings. The van der Waals surface area contributed by atoms with Crippen molar-refractivity contribution in [2.75, 3.05) is 0 Å². The fraction of sp³-hybridized carbons (Fsp3) is 0. The molecule has 0 radical (unpaired) electrons. The van der Waals surface area contributed by atoms with Gasteiger partial charge in [0.05, 0.1) is 11.8 Å². The summed E-state index contributed by atoms with van der Waals surface area (Å²) in [5.41, 5.74) is 1.64. The van der Waals surface area contributed by atoms with Crippen molar-refractivity contribution in [2.45, 2.75) is 0 Å². The second-order valence-electron chi connectivity index (χ2n) is 3.30. The Hall–Kier alpha value is -2.01. The average Bonchev–Trinajstić information content (AvgIpc) is 2.76. The van der Waals surface area contributed by atoms with Gasteiger partial charge in [-0.2, -0.15) is 0 Å². The number of rotatable bonds is 1. The van der Waals surface area contributed by atoms with E-state index in [0.29, 0.717) is 4.70 Å². The molecule has 0 saturated heterocycles. The predicted molar refractivity (Wildman–Crippen MR) is 63.5 cm³/mol. The molecule has 0 amide bonds. The molecule has 5 heteroatoms. The molecule has 0 saturated carbocycles. The van der Waals surface area contributed by atoms with E-state index in [9.17, 15) is 4.79 Å². The molecule has 3 rings (SSSR count). The van der Waals surface area contributed by atoms with Crippen LogP contribution in [0.2, 0.25) is 0 Å². The standard InChI is InChI=1S/C11H7N3OS/c15-11-10-8(13-6-14-11)4-9(16-10)7-2-1-3-12-5-7/h1-6H,(H,13,14,15). The minimum Gasteiger partial charge on any atom is -0.312 e. The van der Waals surface area contributed by atoms with E-state index >= 15 is 0 Å². The number of H-pyrrole nitrogens is 1. The van der Waals surface area contributed by atoms with E-state index in [4.69, 9.17) is 0 Å². The monoisotopic (exact) mass is 229 g/mol. The van der Waals surface area contributed by atoms with Gasteiger partial charge in [0.1, 0.15) is 4.70 Å². The van der Waals surface area contributed by atoms with Crippen molar-refractivity contribution in [1.29, 1.82) is 0 Å². The van der Waals surface area contributed by atoms with Crippen molar-refractivity contribution >= 4 is 21.6 Å². The largest absolute Gasteiger partial charge is 0.312 e. The van der Waals surface area contributed by atoms with Crippen LogP contribution < -0.4 is 5.56 Å². The third kappa shape index (κ3) is 1.42. The van der Waals surface area contributed by atoms with Crippen LogP contribution >= 0.6 is 11.3 Å². The fourth-order valence-electron chi connectivity index (χ4n) is 1.52. The van der Waals surface area contributed by atoms with Gasteiger partial charge in [0.25, 0.3) is 5.56 Å². The summed E-state index contributed by atoms with van der Waals surface area (Å²) in [6, 6.07) is 5.75. The first-order chi connectivity index (χ1) is 7.84. The van der Waals surface area contributed by atoms with E-state index in [1.54, 1.807) is 12.4 Å². The third-order valence-electron chi connectivity index (χ3n) is 2.26. The number of aromatic amines is 1. The summed E-state index contributed by atoms with van der Waals surface area (Å²) in [6.45, 7) is 0. The second kappa shape index (κ2) is 3.53. The van der Waals surface area contributed by atoms with Gasteiger partial charge in [-0.1, -0.05) is 6.07 Å². The Morgan fingerprint density at radius 2 is 2.31 bits per heavy atom. The lowest BCUT2D eigenvalue weighted by molar-refractivity contribution is 1.18. The van der Waals surface area contributed by atoms with Crippen LogP contribution in [0.15, 0.2) is 41.7 Å². The van der Waals surface area contributed by atoms with Crippen molar-refractivity contribution in [3.63, 3.8) is 0 Å². The van der Waals surface area contributed by atoms with Crippen molar-refractivity contribution in [1.82, 2.24) is 15.0 Å². The minimum atomic E-state index is -0.0925. The predicted octanol–water partition coefficient (Wildman–Crippen LogP) is 2.05. The van der Waals surface area contributed by atoms with Gasteiger partial charge in [-0.15, -0.1) is 11.3 Å².